The van der Waals surface area contributed by atoms with E-state index in [0.717, 1.165) is 6.07 Å². The van der Waals surface area contributed by atoms with Gasteiger partial charge in [0.1, 0.15) is 5.75 Å². The van der Waals surface area contributed by atoms with E-state index in [1.54, 1.807) is 22.6 Å². The van der Waals surface area contributed by atoms with Gasteiger partial charge < -0.3 is 10.5 Å². The second-order valence-corrected chi connectivity index (χ2v) is 4.13. The number of ether oxygens (including phenoxy) is 1. The number of hydrogen-bond donors (Lipinski definition) is 2. The molecule has 9 heteroatoms. The predicted octanol–water partition coefficient (Wildman–Crippen LogP) is 2.19. The molecule has 0 spiro atoms. The summed E-state index contributed by atoms with van der Waals surface area (Å²) < 4.78 is 40.0. The highest BCUT2D eigenvalue weighted by molar-refractivity contribution is 14.1. The van der Waals surface area contributed by atoms with Gasteiger partial charge in [0.05, 0.1) is 9.78 Å². The molecule has 18 heavy (non-hydrogen) atoms. The van der Waals surface area contributed by atoms with E-state index in [0.29, 0.717) is 5.56 Å². The first-order chi connectivity index (χ1) is 8.28. The molecule has 3 N–H and O–H groups in total. The first kappa shape index (κ1) is 14.5. The number of hydrazone groups is 1. The van der Waals surface area contributed by atoms with Gasteiger partial charge in [-0.3, -0.25) is 0 Å². The molecule has 0 aliphatic rings. The molecule has 0 radical (unpaired) electrons. The van der Waals surface area contributed by atoms with Gasteiger partial charge in [-0.2, -0.15) is 5.10 Å². The molecule has 0 aliphatic heterocycles. The van der Waals surface area contributed by atoms with Crippen LogP contribution in [-0.4, -0.2) is 18.6 Å². The van der Waals surface area contributed by atoms with Crippen LogP contribution in [0.1, 0.15) is 5.56 Å². The van der Waals surface area contributed by atoms with Crippen LogP contribution in [0, 0.1) is 3.57 Å². The molecule has 5 nitrogen and oxygen atoms in total. The van der Waals surface area contributed by atoms with Gasteiger partial charge in [0.2, 0.25) is 0 Å². The fraction of sp³-hybridized carbons (Fsp3) is 0.111. The zero-order chi connectivity index (χ0) is 13.8. The summed E-state index contributed by atoms with van der Waals surface area (Å²) in [6.07, 6.45) is -3.49. The van der Waals surface area contributed by atoms with Gasteiger partial charge in [-0.15, -0.1) is 13.2 Å². The van der Waals surface area contributed by atoms with Crippen molar-refractivity contribution in [2.24, 2.45) is 10.8 Å². The van der Waals surface area contributed by atoms with Gasteiger partial charge in [-0.25, -0.2) is 10.2 Å². The maximum absolute atomic E-state index is 12.0. The van der Waals surface area contributed by atoms with Crippen molar-refractivity contribution in [1.29, 1.82) is 0 Å². The van der Waals surface area contributed by atoms with Gasteiger partial charge in [-0.1, -0.05) is 0 Å². The third-order valence-electron chi connectivity index (χ3n) is 1.57. The molecular formula is C9H7F3IN3O2. The molecule has 2 amide bonds. The van der Waals surface area contributed by atoms with Crippen LogP contribution in [0.5, 0.6) is 5.75 Å². The van der Waals surface area contributed by atoms with Crippen molar-refractivity contribution in [1.82, 2.24) is 5.43 Å². The van der Waals surface area contributed by atoms with Crippen molar-refractivity contribution < 1.29 is 22.7 Å². The number of benzene rings is 1. The highest BCUT2D eigenvalue weighted by Crippen LogP contribution is 2.27. The highest BCUT2D eigenvalue weighted by atomic mass is 127. The number of urea groups is 1. The number of nitrogens with zero attached hydrogens (tertiary/aromatic N) is 1. The molecule has 0 fully saturated rings. The fourth-order valence-electron chi connectivity index (χ4n) is 0.975. The summed E-state index contributed by atoms with van der Waals surface area (Å²) in [5, 5.41) is 3.47. The van der Waals surface area contributed by atoms with Crippen molar-refractivity contribution >= 4 is 34.8 Å². The molecule has 0 heterocycles. The second kappa shape index (κ2) is 5.89. The number of alkyl halides is 3. The Morgan fingerprint density at radius 2 is 2.17 bits per heavy atom. The fourth-order valence-corrected chi connectivity index (χ4v) is 1.62. The minimum absolute atomic E-state index is 0.257. The normalized spacial score (nSPS) is 11.6. The number of carbonyl (C=O) groups excluding carboxylic acids is 1. The van der Waals surface area contributed by atoms with Crippen molar-refractivity contribution in [2.75, 3.05) is 0 Å². The Balaban J connectivity index is 2.79. The quantitative estimate of drug-likeness (QED) is 0.484. The number of primary amides is 1. The minimum Gasteiger partial charge on any atom is -0.405 e. The second-order valence-electron chi connectivity index (χ2n) is 2.97. The molecule has 1 aromatic rings. The molecule has 0 bridgehead atoms. The largest absolute Gasteiger partial charge is 0.573 e. The van der Waals surface area contributed by atoms with Gasteiger partial charge >= 0.3 is 12.4 Å². The monoisotopic (exact) mass is 373 g/mol. The third kappa shape index (κ3) is 5.21. The van der Waals surface area contributed by atoms with E-state index in [1.165, 1.54) is 18.3 Å². The molecular weight excluding hydrogens is 366 g/mol. The van der Waals surface area contributed by atoms with E-state index >= 15 is 0 Å². The molecule has 0 unspecified atom stereocenters. The van der Waals surface area contributed by atoms with Crippen molar-refractivity contribution in [3.05, 3.63) is 27.3 Å². The maximum Gasteiger partial charge on any atom is 0.573 e. The Bertz CT molecular complexity index is 477. The molecule has 98 valence electrons. The molecule has 0 aromatic heterocycles. The predicted molar refractivity (Wildman–Crippen MR) is 66.2 cm³/mol. The molecule has 0 saturated heterocycles. The summed E-state index contributed by atoms with van der Waals surface area (Å²) in [5.74, 6) is -0.303. The van der Waals surface area contributed by atoms with Crippen LogP contribution in [0.25, 0.3) is 0 Å². The lowest BCUT2D eigenvalue weighted by Gasteiger charge is -2.10. The van der Waals surface area contributed by atoms with Gasteiger partial charge in [0.15, 0.2) is 0 Å². The van der Waals surface area contributed by atoms with Gasteiger partial charge in [-0.05, 0) is 46.4 Å². The molecule has 1 aromatic carbocycles. The Kier molecular flexibility index (Phi) is 4.76. The SMILES string of the molecule is NC(=O)NN=Cc1ccc(OC(F)(F)F)c(I)c1. The van der Waals surface area contributed by atoms with E-state index < -0.39 is 12.4 Å². The number of rotatable bonds is 3. The lowest BCUT2D eigenvalue weighted by Crippen LogP contribution is -2.24. The lowest BCUT2D eigenvalue weighted by molar-refractivity contribution is -0.274. The summed E-state index contributed by atoms with van der Waals surface area (Å²) >= 11 is 1.69. The summed E-state index contributed by atoms with van der Waals surface area (Å²) in [6.45, 7) is 0. The van der Waals surface area contributed by atoms with E-state index in [-0.39, 0.29) is 9.32 Å². The smallest absolute Gasteiger partial charge is 0.405 e. The molecule has 0 aliphatic carbocycles. The Hall–Kier alpha value is -1.52. The van der Waals surface area contributed by atoms with Crippen LogP contribution < -0.4 is 15.9 Å². The third-order valence-corrected chi connectivity index (χ3v) is 2.41. The Morgan fingerprint density at radius 3 is 2.67 bits per heavy atom. The summed E-state index contributed by atoms with van der Waals surface area (Å²) in [5.41, 5.74) is 7.22. The Labute approximate surface area is 113 Å². The summed E-state index contributed by atoms with van der Waals surface area (Å²) in [7, 11) is 0. The number of amides is 2. The average Bonchev–Trinajstić information content (AvgIpc) is 2.19. The molecule has 0 saturated carbocycles. The van der Waals surface area contributed by atoms with E-state index in [1.807, 2.05) is 5.43 Å². The first-order valence-corrected chi connectivity index (χ1v) is 5.49. The Morgan fingerprint density at radius 1 is 1.50 bits per heavy atom. The molecule has 1 rings (SSSR count). The average molecular weight is 373 g/mol. The van der Waals surface area contributed by atoms with Crippen molar-refractivity contribution in [3.63, 3.8) is 0 Å². The standard InChI is InChI=1S/C9H7F3IN3O2/c10-9(11,12)18-7-2-1-5(3-6(7)13)4-15-16-8(14)17/h1-4H,(H3,14,16,17). The number of carbonyl (C=O) groups is 1. The first-order valence-electron chi connectivity index (χ1n) is 4.42. The van der Waals surface area contributed by atoms with Crippen LogP contribution in [-0.2, 0) is 0 Å². The van der Waals surface area contributed by atoms with Gasteiger partial charge in [0, 0.05) is 0 Å². The van der Waals surface area contributed by atoms with Crippen molar-refractivity contribution in [2.45, 2.75) is 6.36 Å². The molecule has 0 atom stereocenters. The van der Waals surface area contributed by atoms with Crippen LogP contribution in [0.4, 0.5) is 18.0 Å². The van der Waals surface area contributed by atoms with Crippen LogP contribution >= 0.6 is 22.6 Å². The van der Waals surface area contributed by atoms with Crippen LogP contribution in [0.2, 0.25) is 0 Å². The summed E-state index contributed by atoms with van der Waals surface area (Å²) in [6, 6.07) is 3.09. The topological polar surface area (TPSA) is 76.7 Å². The lowest BCUT2D eigenvalue weighted by atomic mass is 10.2. The number of halogens is 4. The van der Waals surface area contributed by atoms with E-state index in [9.17, 15) is 18.0 Å². The zero-order valence-electron chi connectivity index (χ0n) is 8.66. The van der Waals surface area contributed by atoms with Crippen LogP contribution in [0.3, 0.4) is 0 Å². The van der Waals surface area contributed by atoms with Crippen LogP contribution in [0.15, 0.2) is 23.3 Å². The number of nitrogens with one attached hydrogen (secondary N) is 1. The zero-order valence-corrected chi connectivity index (χ0v) is 10.8. The minimum atomic E-state index is -4.73. The number of hydrogen-bond acceptors (Lipinski definition) is 3. The summed E-state index contributed by atoms with van der Waals surface area (Å²) in [4.78, 5) is 10.3. The highest BCUT2D eigenvalue weighted by Gasteiger charge is 2.31. The van der Waals surface area contributed by atoms with Crippen molar-refractivity contribution in [3.8, 4) is 5.75 Å². The maximum atomic E-state index is 12.0. The van der Waals surface area contributed by atoms with E-state index in [2.05, 4.69) is 9.84 Å². The van der Waals surface area contributed by atoms with E-state index in [4.69, 9.17) is 5.73 Å². The van der Waals surface area contributed by atoms with Gasteiger partial charge in [0.25, 0.3) is 0 Å². The number of nitrogens with two attached hydrogens (primary N) is 1.